The molecule has 1 amide bonds. The number of nitrogen functional groups attached to an aromatic ring is 1. The first-order valence-corrected chi connectivity index (χ1v) is 3.27. The van der Waals surface area contributed by atoms with Crippen LogP contribution in [0.2, 0.25) is 0 Å². The van der Waals surface area contributed by atoms with Crippen LogP contribution in [0.15, 0.2) is 18.3 Å². The van der Waals surface area contributed by atoms with Gasteiger partial charge in [0.2, 0.25) is 5.69 Å². The number of halogens is 1. The molecular formula is C6H7ClN4O3. The first kappa shape index (κ1) is 12.3. The Balaban J connectivity index is 0.00000169. The number of amides is 1. The highest BCUT2D eigenvalue weighted by atomic mass is 35.5. The average Bonchev–Trinajstić information content (AvgIpc) is 2.16. The van der Waals surface area contributed by atoms with Crippen LogP contribution < -0.4 is 11.3 Å². The molecule has 0 aliphatic heterocycles. The molecule has 7 nitrogen and oxygen atoms in total. The van der Waals surface area contributed by atoms with Gasteiger partial charge in [-0.25, -0.2) is 10.8 Å². The van der Waals surface area contributed by atoms with Crippen molar-refractivity contribution in [2.45, 2.75) is 0 Å². The normalized spacial score (nSPS) is 8.64. The number of hydrazine groups is 1. The number of carbonyl (C=O) groups is 1. The molecule has 0 spiro atoms. The molecule has 3 N–H and O–H groups in total. The van der Waals surface area contributed by atoms with Crippen molar-refractivity contribution in [1.82, 2.24) is 10.4 Å². The number of nitrogens with one attached hydrogen (secondary N) is 1. The Bertz CT molecular complexity index is 357. The van der Waals surface area contributed by atoms with E-state index in [1.807, 2.05) is 0 Å². The van der Waals surface area contributed by atoms with Gasteiger partial charge in [0.05, 0.1) is 4.92 Å². The molecule has 14 heavy (non-hydrogen) atoms. The summed E-state index contributed by atoms with van der Waals surface area (Å²) >= 11 is 0. The molecule has 0 radical (unpaired) electrons. The van der Waals surface area contributed by atoms with Gasteiger partial charge >= 0.3 is 5.69 Å². The Hall–Kier alpha value is -1.73. The van der Waals surface area contributed by atoms with E-state index in [4.69, 9.17) is 5.84 Å². The molecule has 0 saturated heterocycles. The second-order valence-corrected chi connectivity index (χ2v) is 2.10. The molecule has 0 bridgehead atoms. The van der Waals surface area contributed by atoms with Gasteiger partial charge in [-0.2, -0.15) is 0 Å². The predicted octanol–water partition coefficient (Wildman–Crippen LogP) is 0.0151. The summed E-state index contributed by atoms with van der Waals surface area (Å²) in [6, 6.07) is 2.54. The number of hydrogen-bond donors (Lipinski definition) is 2. The lowest BCUT2D eigenvalue weighted by atomic mass is 10.3. The van der Waals surface area contributed by atoms with Gasteiger partial charge in [0.15, 0.2) is 0 Å². The summed E-state index contributed by atoms with van der Waals surface area (Å²) in [6.45, 7) is 0. The number of carbonyl (C=O) groups excluding carboxylic acids is 1. The zero-order chi connectivity index (χ0) is 9.84. The zero-order valence-corrected chi connectivity index (χ0v) is 7.65. The maximum Gasteiger partial charge on any atom is 0.300 e. The van der Waals surface area contributed by atoms with Gasteiger partial charge in [0, 0.05) is 12.3 Å². The van der Waals surface area contributed by atoms with Gasteiger partial charge in [0.1, 0.15) is 0 Å². The van der Waals surface area contributed by atoms with Crippen molar-refractivity contribution in [3.63, 3.8) is 0 Å². The molecule has 0 aliphatic rings. The molecule has 0 fully saturated rings. The Kier molecular flexibility index (Phi) is 4.47. The van der Waals surface area contributed by atoms with Crippen molar-refractivity contribution in [3.05, 3.63) is 34.1 Å². The number of aromatic nitrogens is 1. The summed E-state index contributed by atoms with van der Waals surface area (Å²) in [5, 5.41) is 10.4. The van der Waals surface area contributed by atoms with Crippen LogP contribution in [0.25, 0.3) is 0 Å². The Labute approximate surface area is 84.8 Å². The van der Waals surface area contributed by atoms with E-state index in [0.717, 1.165) is 0 Å². The van der Waals surface area contributed by atoms with Gasteiger partial charge < -0.3 is 0 Å². The highest BCUT2D eigenvalue weighted by Crippen LogP contribution is 2.13. The van der Waals surface area contributed by atoms with Crippen LogP contribution in [-0.4, -0.2) is 15.8 Å². The lowest BCUT2D eigenvalue weighted by Crippen LogP contribution is -2.31. The molecule has 8 heteroatoms. The van der Waals surface area contributed by atoms with Gasteiger partial charge in [-0.3, -0.25) is 20.3 Å². The third-order valence-electron chi connectivity index (χ3n) is 1.33. The van der Waals surface area contributed by atoms with Gasteiger partial charge in [-0.05, 0) is 6.07 Å². The molecule has 0 aromatic carbocycles. The molecule has 1 aromatic heterocycles. The topological polar surface area (TPSA) is 111 Å². The van der Waals surface area contributed by atoms with Crippen molar-refractivity contribution < 1.29 is 9.72 Å². The van der Waals surface area contributed by atoms with Crippen LogP contribution >= 0.6 is 12.4 Å². The molecule has 1 rings (SSSR count). The smallest absolute Gasteiger partial charge is 0.289 e. The van der Waals surface area contributed by atoms with Crippen LogP contribution in [-0.2, 0) is 0 Å². The summed E-state index contributed by atoms with van der Waals surface area (Å²) in [5.41, 5.74) is 1.10. The Morgan fingerprint density at radius 1 is 1.64 bits per heavy atom. The molecule has 1 heterocycles. The largest absolute Gasteiger partial charge is 0.300 e. The fraction of sp³-hybridized carbons (Fsp3) is 0. The van der Waals surface area contributed by atoms with Crippen molar-refractivity contribution in [2.24, 2.45) is 5.84 Å². The molecule has 0 aliphatic carbocycles. The highest BCUT2D eigenvalue weighted by molar-refractivity contribution is 5.95. The van der Waals surface area contributed by atoms with Crippen molar-refractivity contribution >= 4 is 24.0 Å². The van der Waals surface area contributed by atoms with Crippen LogP contribution in [0, 0.1) is 10.1 Å². The fourth-order valence-corrected chi connectivity index (χ4v) is 0.787. The summed E-state index contributed by atoms with van der Waals surface area (Å²) in [5.74, 6) is 4.03. The third-order valence-corrected chi connectivity index (χ3v) is 1.33. The predicted molar refractivity (Wildman–Crippen MR) is 49.8 cm³/mol. The molecule has 1 aromatic rings. The summed E-state index contributed by atoms with van der Waals surface area (Å²) in [7, 11) is 0. The quantitative estimate of drug-likeness (QED) is 0.314. The minimum atomic E-state index is -0.785. The van der Waals surface area contributed by atoms with Gasteiger partial charge in [-0.15, -0.1) is 12.4 Å². The SMILES string of the molecule is Cl.NNC(=O)c1ncccc1[N+](=O)[O-]. The maximum atomic E-state index is 10.9. The summed E-state index contributed by atoms with van der Waals surface area (Å²) < 4.78 is 0. The first-order valence-electron chi connectivity index (χ1n) is 3.27. The second kappa shape index (κ2) is 5.10. The number of rotatable bonds is 2. The Morgan fingerprint density at radius 2 is 2.29 bits per heavy atom. The molecular weight excluding hydrogens is 212 g/mol. The minimum absolute atomic E-state index is 0. The third kappa shape index (κ3) is 2.38. The zero-order valence-electron chi connectivity index (χ0n) is 6.84. The second-order valence-electron chi connectivity index (χ2n) is 2.10. The molecule has 76 valence electrons. The molecule has 0 unspecified atom stereocenters. The number of hydrogen-bond acceptors (Lipinski definition) is 5. The first-order chi connectivity index (χ1) is 6.16. The van der Waals surface area contributed by atoms with Crippen LogP contribution in [0.5, 0.6) is 0 Å². The number of nitrogens with zero attached hydrogens (tertiary/aromatic N) is 2. The average molecular weight is 219 g/mol. The van der Waals surface area contributed by atoms with Gasteiger partial charge in [0.25, 0.3) is 5.91 Å². The lowest BCUT2D eigenvalue weighted by Gasteiger charge is -1.98. The maximum absolute atomic E-state index is 10.9. The van der Waals surface area contributed by atoms with E-state index in [-0.39, 0.29) is 23.8 Å². The number of pyridine rings is 1. The van der Waals surface area contributed by atoms with E-state index < -0.39 is 10.8 Å². The van der Waals surface area contributed by atoms with E-state index in [2.05, 4.69) is 4.98 Å². The van der Waals surface area contributed by atoms with Crippen molar-refractivity contribution in [3.8, 4) is 0 Å². The minimum Gasteiger partial charge on any atom is -0.289 e. The van der Waals surface area contributed by atoms with Crippen molar-refractivity contribution in [1.29, 1.82) is 0 Å². The van der Waals surface area contributed by atoms with E-state index >= 15 is 0 Å². The van der Waals surface area contributed by atoms with Crippen LogP contribution in [0.4, 0.5) is 5.69 Å². The van der Waals surface area contributed by atoms with E-state index in [1.54, 1.807) is 5.43 Å². The van der Waals surface area contributed by atoms with Gasteiger partial charge in [-0.1, -0.05) is 0 Å². The van der Waals surface area contributed by atoms with Crippen LogP contribution in [0.1, 0.15) is 10.5 Å². The summed E-state index contributed by atoms with van der Waals surface area (Å²) in [6.07, 6.45) is 1.28. The Morgan fingerprint density at radius 3 is 2.79 bits per heavy atom. The van der Waals surface area contributed by atoms with E-state index in [0.29, 0.717) is 0 Å². The monoisotopic (exact) mass is 218 g/mol. The van der Waals surface area contributed by atoms with E-state index in [9.17, 15) is 14.9 Å². The standard InChI is InChI=1S/C6H6N4O3.ClH/c7-9-6(11)5-4(10(12)13)2-1-3-8-5;/h1-3H,7H2,(H,9,11);1H. The highest BCUT2D eigenvalue weighted by Gasteiger charge is 2.19. The summed E-state index contributed by atoms with van der Waals surface area (Å²) in [4.78, 5) is 24.2. The molecule has 0 atom stereocenters. The van der Waals surface area contributed by atoms with E-state index in [1.165, 1.54) is 18.3 Å². The fourth-order valence-electron chi connectivity index (χ4n) is 0.787. The number of nitro groups is 1. The molecule has 0 saturated carbocycles. The lowest BCUT2D eigenvalue weighted by molar-refractivity contribution is -0.385. The number of nitrogens with two attached hydrogens (primary N) is 1. The van der Waals surface area contributed by atoms with Crippen molar-refractivity contribution in [2.75, 3.05) is 0 Å². The van der Waals surface area contributed by atoms with Crippen LogP contribution in [0.3, 0.4) is 0 Å².